The molecule has 1 atom stereocenters. The normalized spacial score (nSPS) is 12.1. The Morgan fingerprint density at radius 2 is 1.83 bits per heavy atom. The van der Waals surface area contributed by atoms with E-state index in [0.717, 1.165) is 21.3 Å². The van der Waals surface area contributed by atoms with E-state index in [4.69, 9.17) is 4.74 Å². The summed E-state index contributed by atoms with van der Waals surface area (Å²) in [5.74, 6) is 0.784. The first-order chi connectivity index (χ1) is 11.2. The third-order valence-corrected chi connectivity index (χ3v) is 4.06. The van der Waals surface area contributed by atoms with E-state index in [0.29, 0.717) is 13.2 Å². The van der Waals surface area contributed by atoms with Crippen molar-refractivity contribution in [2.45, 2.75) is 19.3 Å². The van der Waals surface area contributed by atoms with Crippen LogP contribution < -0.4 is 4.74 Å². The number of aromatic nitrogens is 2. The van der Waals surface area contributed by atoms with E-state index >= 15 is 0 Å². The quantitative estimate of drug-likeness (QED) is 0.712. The summed E-state index contributed by atoms with van der Waals surface area (Å²) in [6.07, 6.45) is 4.66. The van der Waals surface area contributed by atoms with Crippen LogP contribution in [0.1, 0.15) is 17.2 Å². The lowest BCUT2D eigenvalue weighted by Gasteiger charge is -2.13. The molecule has 4 nitrogen and oxygen atoms in total. The van der Waals surface area contributed by atoms with Gasteiger partial charge >= 0.3 is 0 Å². The van der Waals surface area contributed by atoms with Crippen LogP contribution in [0.15, 0.2) is 71.7 Å². The molecule has 0 bridgehead atoms. The third-order valence-electron chi connectivity index (χ3n) is 3.53. The number of rotatable bonds is 6. The van der Waals surface area contributed by atoms with Gasteiger partial charge in [-0.2, -0.15) is 0 Å². The van der Waals surface area contributed by atoms with Gasteiger partial charge in [-0.3, -0.25) is 0 Å². The molecule has 1 heterocycles. The van der Waals surface area contributed by atoms with Gasteiger partial charge in [0.25, 0.3) is 0 Å². The smallest absolute Gasteiger partial charge is 0.119 e. The van der Waals surface area contributed by atoms with Gasteiger partial charge in [0.05, 0.1) is 19.0 Å². The van der Waals surface area contributed by atoms with Crippen molar-refractivity contribution in [1.29, 1.82) is 0 Å². The molecule has 0 aliphatic rings. The van der Waals surface area contributed by atoms with Gasteiger partial charge in [-0.25, -0.2) is 4.98 Å². The van der Waals surface area contributed by atoms with E-state index in [-0.39, 0.29) is 0 Å². The number of ether oxygens (including phenoxy) is 1. The van der Waals surface area contributed by atoms with Crippen molar-refractivity contribution >= 4 is 15.9 Å². The van der Waals surface area contributed by atoms with Crippen LogP contribution in [0.25, 0.3) is 0 Å². The van der Waals surface area contributed by atoms with Crippen molar-refractivity contribution in [2.24, 2.45) is 0 Å². The van der Waals surface area contributed by atoms with Gasteiger partial charge in [0, 0.05) is 16.9 Å². The summed E-state index contributed by atoms with van der Waals surface area (Å²) in [7, 11) is 0. The molecule has 3 rings (SSSR count). The number of hydrogen-bond donors (Lipinski definition) is 1. The number of aliphatic hydroxyl groups excluding tert-OH is 1. The topological polar surface area (TPSA) is 47.3 Å². The first kappa shape index (κ1) is 15.8. The number of halogens is 1. The highest BCUT2D eigenvalue weighted by molar-refractivity contribution is 9.10. The van der Waals surface area contributed by atoms with Crippen LogP contribution in [-0.2, 0) is 13.2 Å². The SMILES string of the molecule is OC(Cn1ccnc1)c1ccc(OCc2ccc(Br)cc2)cc1. The van der Waals surface area contributed by atoms with Gasteiger partial charge in [0.2, 0.25) is 0 Å². The molecular formula is C18H17BrN2O2. The van der Waals surface area contributed by atoms with E-state index in [1.54, 1.807) is 12.5 Å². The Morgan fingerprint density at radius 3 is 2.48 bits per heavy atom. The minimum absolute atomic E-state index is 0.485. The summed E-state index contributed by atoms with van der Waals surface area (Å²) in [6, 6.07) is 15.6. The van der Waals surface area contributed by atoms with Gasteiger partial charge in [-0.1, -0.05) is 40.2 Å². The second-order valence-corrected chi connectivity index (χ2v) is 6.18. The number of nitrogens with zero attached hydrogens (tertiary/aromatic N) is 2. The van der Waals surface area contributed by atoms with Crippen LogP contribution in [0.2, 0.25) is 0 Å². The van der Waals surface area contributed by atoms with Crippen molar-refractivity contribution in [2.75, 3.05) is 0 Å². The summed E-state index contributed by atoms with van der Waals surface area (Å²) in [6.45, 7) is 1.00. The summed E-state index contributed by atoms with van der Waals surface area (Å²) in [4.78, 5) is 3.97. The van der Waals surface area contributed by atoms with Crippen molar-refractivity contribution in [3.8, 4) is 5.75 Å². The first-order valence-electron chi connectivity index (χ1n) is 7.32. The number of benzene rings is 2. The average Bonchev–Trinajstić information content (AvgIpc) is 3.08. The number of imidazole rings is 1. The van der Waals surface area contributed by atoms with E-state index in [9.17, 15) is 5.11 Å². The summed E-state index contributed by atoms with van der Waals surface area (Å²) in [5, 5.41) is 10.2. The Labute approximate surface area is 143 Å². The van der Waals surface area contributed by atoms with E-state index in [1.807, 2.05) is 59.3 Å². The van der Waals surface area contributed by atoms with Crippen LogP contribution in [0, 0.1) is 0 Å². The molecule has 1 aromatic heterocycles. The molecule has 0 amide bonds. The Bertz CT molecular complexity index is 725. The molecular weight excluding hydrogens is 356 g/mol. The summed E-state index contributed by atoms with van der Waals surface area (Å²) in [5.41, 5.74) is 1.96. The zero-order chi connectivity index (χ0) is 16.1. The van der Waals surface area contributed by atoms with Crippen LogP contribution in [0.4, 0.5) is 0 Å². The van der Waals surface area contributed by atoms with Gasteiger partial charge in [0.15, 0.2) is 0 Å². The van der Waals surface area contributed by atoms with Gasteiger partial charge < -0.3 is 14.4 Å². The minimum atomic E-state index is -0.565. The standard InChI is InChI=1S/C18H17BrN2O2/c19-16-5-1-14(2-6-16)12-23-17-7-3-15(4-8-17)18(22)11-21-10-9-20-13-21/h1-10,13,18,22H,11-12H2. The fourth-order valence-electron chi connectivity index (χ4n) is 2.23. The molecule has 0 radical (unpaired) electrons. The monoisotopic (exact) mass is 372 g/mol. The maximum atomic E-state index is 10.2. The molecule has 0 fully saturated rings. The van der Waals surface area contributed by atoms with Crippen LogP contribution >= 0.6 is 15.9 Å². The highest BCUT2D eigenvalue weighted by Gasteiger charge is 2.08. The Kier molecular flexibility index (Phi) is 5.10. The zero-order valence-electron chi connectivity index (χ0n) is 12.5. The second-order valence-electron chi connectivity index (χ2n) is 5.26. The molecule has 23 heavy (non-hydrogen) atoms. The zero-order valence-corrected chi connectivity index (χ0v) is 14.1. The summed E-state index contributed by atoms with van der Waals surface area (Å²) < 4.78 is 8.66. The third kappa shape index (κ3) is 4.43. The lowest BCUT2D eigenvalue weighted by Crippen LogP contribution is -2.07. The maximum Gasteiger partial charge on any atom is 0.119 e. The Hall–Kier alpha value is -2.11. The van der Waals surface area contributed by atoms with Gasteiger partial charge in [0.1, 0.15) is 12.4 Å². The summed E-state index contributed by atoms with van der Waals surface area (Å²) >= 11 is 3.41. The highest BCUT2D eigenvalue weighted by Crippen LogP contribution is 2.20. The molecule has 5 heteroatoms. The highest BCUT2D eigenvalue weighted by atomic mass is 79.9. The molecule has 0 aliphatic carbocycles. The molecule has 0 saturated carbocycles. The first-order valence-corrected chi connectivity index (χ1v) is 8.11. The minimum Gasteiger partial charge on any atom is -0.489 e. The van der Waals surface area contributed by atoms with Crippen molar-refractivity contribution in [3.05, 3.63) is 82.9 Å². The second kappa shape index (κ2) is 7.44. The van der Waals surface area contributed by atoms with E-state index in [1.165, 1.54) is 0 Å². The molecule has 2 aromatic carbocycles. The predicted molar refractivity (Wildman–Crippen MR) is 92.1 cm³/mol. The molecule has 1 unspecified atom stereocenters. The van der Waals surface area contributed by atoms with Crippen molar-refractivity contribution in [1.82, 2.24) is 9.55 Å². The largest absolute Gasteiger partial charge is 0.489 e. The maximum absolute atomic E-state index is 10.2. The molecule has 118 valence electrons. The predicted octanol–water partition coefficient (Wildman–Crippen LogP) is 3.96. The lowest BCUT2D eigenvalue weighted by molar-refractivity contribution is 0.156. The lowest BCUT2D eigenvalue weighted by atomic mass is 10.1. The number of hydrogen-bond acceptors (Lipinski definition) is 3. The van der Waals surface area contributed by atoms with Crippen LogP contribution in [-0.4, -0.2) is 14.7 Å². The molecule has 0 spiro atoms. The van der Waals surface area contributed by atoms with Gasteiger partial charge in [-0.15, -0.1) is 0 Å². The fourth-order valence-corrected chi connectivity index (χ4v) is 2.50. The molecule has 0 saturated heterocycles. The molecule has 3 aromatic rings. The van der Waals surface area contributed by atoms with Crippen LogP contribution in [0.5, 0.6) is 5.75 Å². The van der Waals surface area contributed by atoms with Crippen molar-refractivity contribution in [3.63, 3.8) is 0 Å². The average molecular weight is 373 g/mol. The molecule has 0 aliphatic heterocycles. The Balaban J connectivity index is 1.57. The van der Waals surface area contributed by atoms with Gasteiger partial charge in [-0.05, 0) is 35.4 Å². The fraction of sp³-hybridized carbons (Fsp3) is 0.167. The Morgan fingerprint density at radius 1 is 1.09 bits per heavy atom. The van der Waals surface area contributed by atoms with Crippen LogP contribution in [0.3, 0.4) is 0 Å². The van der Waals surface area contributed by atoms with E-state index in [2.05, 4.69) is 20.9 Å². The van der Waals surface area contributed by atoms with E-state index < -0.39 is 6.10 Å². The number of aliphatic hydroxyl groups is 1. The van der Waals surface area contributed by atoms with Crippen molar-refractivity contribution < 1.29 is 9.84 Å². The molecule has 1 N–H and O–H groups in total.